The first-order chi connectivity index (χ1) is 5.31. The summed E-state index contributed by atoms with van der Waals surface area (Å²) >= 11 is 0. The van der Waals surface area contributed by atoms with E-state index in [0.29, 0.717) is 0 Å². The molecule has 0 heterocycles. The molecule has 1 aromatic carbocycles. The molecule has 0 aliphatic heterocycles. The van der Waals surface area contributed by atoms with Crippen LogP contribution in [0.15, 0.2) is 30.3 Å². The SMILES string of the molecule is Fc1ccccc1.N#CC#N. The fourth-order valence-electron chi connectivity index (χ4n) is 0.415. The molecule has 0 saturated heterocycles. The van der Waals surface area contributed by atoms with Gasteiger partial charge in [-0.15, -0.1) is 0 Å². The van der Waals surface area contributed by atoms with Crippen LogP contribution in [-0.2, 0) is 0 Å². The minimum Gasteiger partial charge on any atom is -0.207 e. The molecule has 0 amide bonds. The zero-order chi connectivity index (χ0) is 8.53. The maximum atomic E-state index is 11.9. The van der Waals surface area contributed by atoms with Crippen LogP contribution in [-0.4, -0.2) is 0 Å². The Morgan fingerprint density at radius 1 is 1.00 bits per heavy atom. The lowest BCUT2D eigenvalue weighted by Crippen LogP contribution is -1.63. The second kappa shape index (κ2) is 6.25. The third kappa shape index (κ3) is 6.01. The second-order valence-electron chi connectivity index (χ2n) is 1.52. The molecule has 0 fully saturated rings. The van der Waals surface area contributed by atoms with Gasteiger partial charge in [0.25, 0.3) is 0 Å². The molecule has 1 aromatic rings. The molecule has 0 N–H and O–H groups in total. The summed E-state index contributed by atoms with van der Waals surface area (Å²) in [7, 11) is 0. The summed E-state index contributed by atoms with van der Waals surface area (Å²) in [6.45, 7) is 0. The lowest BCUT2D eigenvalue weighted by Gasteiger charge is -1.78. The Morgan fingerprint density at radius 3 is 1.64 bits per heavy atom. The van der Waals surface area contributed by atoms with E-state index in [2.05, 4.69) is 0 Å². The molecule has 0 bridgehead atoms. The molecule has 0 spiro atoms. The summed E-state index contributed by atoms with van der Waals surface area (Å²) in [6.07, 6.45) is 0. The van der Waals surface area contributed by atoms with Gasteiger partial charge in [0.2, 0.25) is 0 Å². The lowest BCUT2D eigenvalue weighted by molar-refractivity contribution is 0.628. The highest BCUT2D eigenvalue weighted by molar-refractivity contribution is 5.02. The monoisotopic (exact) mass is 148 g/mol. The van der Waals surface area contributed by atoms with Gasteiger partial charge < -0.3 is 0 Å². The van der Waals surface area contributed by atoms with E-state index in [9.17, 15) is 4.39 Å². The normalized spacial score (nSPS) is 6.45. The first kappa shape index (κ1) is 9.13. The number of benzene rings is 1. The van der Waals surface area contributed by atoms with Crippen LogP contribution in [0, 0.1) is 28.5 Å². The second-order valence-corrected chi connectivity index (χ2v) is 1.52. The molecule has 2 nitrogen and oxygen atoms in total. The van der Waals surface area contributed by atoms with Crippen LogP contribution in [0.4, 0.5) is 4.39 Å². The molecule has 0 saturated carbocycles. The predicted octanol–water partition coefficient (Wildman–Crippen LogP) is 1.86. The average Bonchev–Trinajstić information content (AvgIpc) is 2.07. The van der Waals surface area contributed by atoms with Crippen LogP contribution in [0.5, 0.6) is 0 Å². The van der Waals surface area contributed by atoms with Crippen LogP contribution in [0.2, 0.25) is 0 Å². The van der Waals surface area contributed by atoms with Crippen molar-refractivity contribution >= 4 is 0 Å². The number of rotatable bonds is 0. The third-order valence-electron chi connectivity index (χ3n) is 0.783. The van der Waals surface area contributed by atoms with E-state index >= 15 is 0 Å². The minimum absolute atomic E-state index is 0.178. The molecule has 0 atom stereocenters. The first-order valence-corrected chi connectivity index (χ1v) is 2.80. The Hall–Kier alpha value is -1.87. The molecule has 54 valence electrons. The Labute approximate surface area is 64.1 Å². The van der Waals surface area contributed by atoms with E-state index in [1.54, 1.807) is 18.2 Å². The van der Waals surface area contributed by atoms with E-state index in [1.165, 1.54) is 24.3 Å². The first-order valence-electron chi connectivity index (χ1n) is 2.80. The van der Waals surface area contributed by atoms with Crippen molar-refractivity contribution in [1.82, 2.24) is 0 Å². The molecule has 0 unspecified atom stereocenters. The topological polar surface area (TPSA) is 47.6 Å². The fraction of sp³-hybridized carbons (Fsp3) is 0. The Bertz CT molecular complexity index is 256. The standard InChI is InChI=1S/C6H5F.C2N2/c7-6-4-2-1-3-5-6;3-1-2-4/h1-5H;. The zero-order valence-electron chi connectivity index (χ0n) is 5.66. The number of nitrogens with zero attached hydrogens (tertiary/aromatic N) is 2. The third-order valence-corrected chi connectivity index (χ3v) is 0.783. The summed E-state index contributed by atoms with van der Waals surface area (Å²) in [5, 5.41) is 14.5. The molecule has 0 aliphatic carbocycles. The summed E-state index contributed by atoms with van der Waals surface area (Å²) in [6, 6.07) is 10.4. The van der Waals surface area contributed by atoms with E-state index in [-0.39, 0.29) is 5.82 Å². The van der Waals surface area contributed by atoms with Gasteiger partial charge in [-0.25, -0.2) is 4.39 Å². The fourth-order valence-corrected chi connectivity index (χ4v) is 0.415. The van der Waals surface area contributed by atoms with Gasteiger partial charge in [-0.05, 0) is 12.1 Å². The maximum Gasteiger partial charge on any atom is 0.181 e. The van der Waals surface area contributed by atoms with Crippen molar-refractivity contribution < 1.29 is 4.39 Å². The summed E-state index contributed by atoms with van der Waals surface area (Å²) < 4.78 is 11.9. The molecule has 0 radical (unpaired) electrons. The highest BCUT2D eigenvalue weighted by atomic mass is 19.1. The smallest absolute Gasteiger partial charge is 0.181 e. The summed E-state index contributed by atoms with van der Waals surface area (Å²) in [4.78, 5) is 0. The number of nitriles is 2. The molecule has 11 heavy (non-hydrogen) atoms. The van der Waals surface area contributed by atoms with Crippen LogP contribution in [0.1, 0.15) is 0 Å². The van der Waals surface area contributed by atoms with Crippen molar-refractivity contribution in [2.45, 2.75) is 0 Å². The number of halogens is 1. The highest BCUT2D eigenvalue weighted by Crippen LogP contribution is 1.91. The van der Waals surface area contributed by atoms with Gasteiger partial charge >= 0.3 is 0 Å². The van der Waals surface area contributed by atoms with Gasteiger partial charge in [-0.1, -0.05) is 18.2 Å². The molecule has 0 aliphatic rings. The molecule has 3 heteroatoms. The van der Waals surface area contributed by atoms with Crippen molar-refractivity contribution in [3.05, 3.63) is 36.1 Å². The molecular formula is C8H5FN2. The van der Waals surface area contributed by atoms with Crippen molar-refractivity contribution in [2.75, 3.05) is 0 Å². The van der Waals surface area contributed by atoms with Crippen LogP contribution < -0.4 is 0 Å². The zero-order valence-corrected chi connectivity index (χ0v) is 5.66. The quantitative estimate of drug-likeness (QED) is 0.563. The van der Waals surface area contributed by atoms with Crippen LogP contribution in [0.3, 0.4) is 0 Å². The lowest BCUT2D eigenvalue weighted by atomic mass is 10.4. The van der Waals surface area contributed by atoms with Gasteiger partial charge in [0.05, 0.1) is 0 Å². The summed E-state index contributed by atoms with van der Waals surface area (Å²) in [5.41, 5.74) is 0. The minimum atomic E-state index is -0.178. The van der Waals surface area contributed by atoms with Gasteiger partial charge in [0.15, 0.2) is 12.1 Å². The predicted molar refractivity (Wildman–Crippen MR) is 37.6 cm³/mol. The van der Waals surface area contributed by atoms with Crippen molar-refractivity contribution in [1.29, 1.82) is 10.5 Å². The summed E-state index contributed by atoms with van der Waals surface area (Å²) in [5.74, 6) is -0.178. The maximum absolute atomic E-state index is 11.9. The van der Waals surface area contributed by atoms with Crippen molar-refractivity contribution in [3.63, 3.8) is 0 Å². The van der Waals surface area contributed by atoms with Gasteiger partial charge in [-0.3, -0.25) is 0 Å². The number of hydrogen-bond acceptors (Lipinski definition) is 2. The molecule has 1 rings (SSSR count). The molecular weight excluding hydrogens is 143 g/mol. The Morgan fingerprint density at radius 2 is 1.45 bits per heavy atom. The highest BCUT2D eigenvalue weighted by Gasteiger charge is 1.77. The van der Waals surface area contributed by atoms with E-state index < -0.39 is 0 Å². The molecule has 0 aromatic heterocycles. The van der Waals surface area contributed by atoms with Gasteiger partial charge in [0.1, 0.15) is 5.82 Å². The Balaban J connectivity index is 0.000000218. The number of hydrogen-bond donors (Lipinski definition) is 0. The van der Waals surface area contributed by atoms with E-state index in [1.807, 2.05) is 0 Å². The van der Waals surface area contributed by atoms with E-state index in [4.69, 9.17) is 10.5 Å². The average molecular weight is 148 g/mol. The van der Waals surface area contributed by atoms with Crippen molar-refractivity contribution in [3.8, 4) is 12.1 Å². The van der Waals surface area contributed by atoms with E-state index in [0.717, 1.165) is 0 Å². The van der Waals surface area contributed by atoms with Gasteiger partial charge in [-0.2, -0.15) is 10.5 Å². The largest absolute Gasteiger partial charge is 0.207 e. The van der Waals surface area contributed by atoms with Crippen LogP contribution in [0.25, 0.3) is 0 Å². The van der Waals surface area contributed by atoms with Crippen LogP contribution >= 0.6 is 0 Å². The Kier molecular flexibility index (Phi) is 5.19. The van der Waals surface area contributed by atoms with Gasteiger partial charge in [0, 0.05) is 0 Å². The van der Waals surface area contributed by atoms with Crippen molar-refractivity contribution in [2.24, 2.45) is 0 Å².